The summed E-state index contributed by atoms with van der Waals surface area (Å²) < 4.78 is 16.6. The Labute approximate surface area is 159 Å². The van der Waals surface area contributed by atoms with Gasteiger partial charge in [-0.2, -0.15) is 0 Å². The fraction of sp³-hybridized carbons (Fsp3) is 0.150. The lowest BCUT2D eigenvalue weighted by molar-refractivity contribution is -0.139. The third-order valence-corrected chi connectivity index (χ3v) is 4.42. The smallest absolute Gasteiger partial charge is 0.325 e. The minimum Gasteiger partial charge on any atom is -0.468 e. The van der Waals surface area contributed by atoms with E-state index in [9.17, 15) is 14.4 Å². The largest absolute Gasteiger partial charge is 0.468 e. The molecule has 142 valence electrons. The molecule has 8 nitrogen and oxygen atoms in total. The van der Waals surface area contributed by atoms with Crippen LogP contribution in [0.25, 0.3) is 16.5 Å². The van der Waals surface area contributed by atoms with E-state index in [0.717, 1.165) is 0 Å². The van der Waals surface area contributed by atoms with Gasteiger partial charge in [0.25, 0.3) is 11.5 Å². The predicted octanol–water partition coefficient (Wildman–Crippen LogP) is 1.62. The van der Waals surface area contributed by atoms with E-state index in [1.165, 1.54) is 17.9 Å². The summed E-state index contributed by atoms with van der Waals surface area (Å²) in [4.78, 5) is 37.0. The molecule has 0 spiro atoms. The van der Waals surface area contributed by atoms with Crippen LogP contribution in [0.4, 0.5) is 0 Å². The summed E-state index contributed by atoms with van der Waals surface area (Å²) >= 11 is 0. The Kier molecular flexibility index (Phi) is 4.44. The van der Waals surface area contributed by atoms with E-state index >= 15 is 0 Å². The highest BCUT2D eigenvalue weighted by atomic mass is 16.7. The maximum absolute atomic E-state index is 13.0. The highest BCUT2D eigenvalue weighted by molar-refractivity contribution is 6.07. The van der Waals surface area contributed by atoms with Crippen molar-refractivity contribution < 1.29 is 23.8 Å². The molecular weight excluding hydrogens is 364 g/mol. The molecule has 2 heterocycles. The number of pyridine rings is 1. The molecule has 0 unspecified atom stereocenters. The van der Waals surface area contributed by atoms with Crippen LogP contribution in [-0.4, -0.2) is 36.9 Å². The van der Waals surface area contributed by atoms with E-state index in [2.05, 4.69) is 10.1 Å². The average molecular weight is 380 g/mol. The maximum atomic E-state index is 13.0. The van der Waals surface area contributed by atoms with Gasteiger partial charge in [0.1, 0.15) is 6.54 Å². The second kappa shape index (κ2) is 7.07. The van der Waals surface area contributed by atoms with Crippen molar-refractivity contribution in [2.75, 3.05) is 20.4 Å². The predicted molar refractivity (Wildman–Crippen MR) is 100 cm³/mol. The first-order valence-corrected chi connectivity index (χ1v) is 8.48. The first-order chi connectivity index (χ1) is 13.6. The second-order valence-electron chi connectivity index (χ2n) is 6.06. The topological polar surface area (TPSA) is 95.9 Å². The van der Waals surface area contributed by atoms with Gasteiger partial charge in [-0.3, -0.25) is 19.0 Å². The zero-order valence-electron chi connectivity index (χ0n) is 14.9. The van der Waals surface area contributed by atoms with Gasteiger partial charge in [-0.1, -0.05) is 18.2 Å². The number of ether oxygens (including phenoxy) is 3. The van der Waals surface area contributed by atoms with Crippen molar-refractivity contribution in [1.29, 1.82) is 0 Å². The molecule has 1 N–H and O–H groups in total. The van der Waals surface area contributed by atoms with Gasteiger partial charge in [-0.05, 0) is 18.2 Å². The standard InChI is InChI=1S/C20H16N2O6/c1-26-18(23)9-21-19(24)15-10-22(20(25)14-5-3-2-4-13(14)15)12-6-7-16-17(8-12)28-11-27-16/h2-8,10H,9,11H2,1H3,(H,21,24). The normalized spacial score (nSPS) is 12.0. The van der Waals surface area contributed by atoms with Crippen LogP contribution in [0.3, 0.4) is 0 Å². The zero-order valence-corrected chi connectivity index (χ0v) is 14.9. The zero-order chi connectivity index (χ0) is 19.7. The number of aromatic nitrogens is 1. The van der Waals surface area contributed by atoms with E-state index in [1.807, 2.05) is 0 Å². The number of rotatable bonds is 4. The number of nitrogens with zero attached hydrogens (tertiary/aromatic N) is 1. The van der Waals surface area contributed by atoms with Gasteiger partial charge in [0, 0.05) is 23.0 Å². The summed E-state index contributed by atoms with van der Waals surface area (Å²) in [6, 6.07) is 11.9. The molecular formula is C20H16N2O6. The molecule has 1 aliphatic rings. The average Bonchev–Trinajstić information content (AvgIpc) is 3.20. The Bertz CT molecular complexity index is 1150. The molecule has 1 aromatic heterocycles. The minimum absolute atomic E-state index is 0.118. The van der Waals surface area contributed by atoms with Crippen molar-refractivity contribution in [3.05, 3.63) is 64.6 Å². The van der Waals surface area contributed by atoms with Gasteiger partial charge in [0.15, 0.2) is 11.5 Å². The first kappa shape index (κ1) is 17.6. The summed E-state index contributed by atoms with van der Waals surface area (Å²) in [6.45, 7) is -0.153. The Hall–Kier alpha value is -3.81. The summed E-state index contributed by atoms with van der Waals surface area (Å²) in [5.74, 6) is 0.0562. The van der Waals surface area contributed by atoms with Crippen molar-refractivity contribution in [3.8, 4) is 17.2 Å². The molecule has 1 aliphatic heterocycles. The van der Waals surface area contributed by atoms with E-state index in [1.54, 1.807) is 42.5 Å². The van der Waals surface area contributed by atoms with Crippen molar-refractivity contribution in [1.82, 2.24) is 9.88 Å². The fourth-order valence-corrected chi connectivity index (χ4v) is 3.02. The fourth-order valence-electron chi connectivity index (χ4n) is 3.02. The monoisotopic (exact) mass is 380 g/mol. The molecule has 0 saturated carbocycles. The Morgan fingerprint density at radius 3 is 2.64 bits per heavy atom. The number of hydrogen-bond donors (Lipinski definition) is 1. The van der Waals surface area contributed by atoms with E-state index < -0.39 is 11.9 Å². The molecule has 0 bridgehead atoms. The number of nitrogens with one attached hydrogen (secondary N) is 1. The first-order valence-electron chi connectivity index (χ1n) is 8.48. The van der Waals surface area contributed by atoms with Crippen molar-refractivity contribution in [2.45, 2.75) is 0 Å². The van der Waals surface area contributed by atoms with Gasteiger partial charge in [0.2, 0.25) is 6.79 Å². The maximum Gasteiger partial charge on any atom is 0.325 e. The molecule has 0 radical (unpaired) electrons. The number of methoxy groups -OCH3 is 1. The molecule has 0 saturated heterocycles. The second-order valence-corrected chi connectivity index (χ2v) is 6.06. The molecule has 3 aromatic rings. The molecule has 4 rings (SSSR count). The van der Waals surface area contributed by atoms with Crippen LogP contribution in [0.2, 0.25) is 0 Å². The van der Waals surface area contributed by atoms with Gasteiger partial charge >= 0.3 is 5.97 Å². The number of esters is 1. The third-order valence-electron chi connectivity index (χ3n) is 4.42. The van der Waals surface area contributed by atoms with Crippen LogP contribution in [0.15, 0.2) is 53.5 Å². The summed E-state index contributed by atoms with van der Waals surface area (Å²) in [5, 5.41) is 3.38. The lowest BCUT2D eigenvalue weighted by atomic mass is 10.1. The molecule has 8 heteroatoms. The highest BCUT2D eigenvalue weighted by Crippen LogP contribution is 2.33. The number of hydrogen-bond acceptors (Lipinski definition) is 6. The Balaban J connectivity index is 1.84. The molecule has 28 heavy (non-hydrogen) atoms. The Morgan fingerprint density at radius 1 is 1.11 bits per heavy atom. The molecule has 2 aromatic carbocycles. The van der Waals surface area contributed by atoms with Gasteiger partial charge in [-0.15, -0.1) is 0 Å². The van der Waals surface area contributed by atoms with Crippen LogP contribution >= 0.6 is 0 Å². The number of carbonyl (C=O) groups excluding carboxylic acids is 2. The van der Waals surface area contributed by atoms with Gasteiger partial charge < -0.3 is 19.5 Å². The number of carbonyl (C=O) groups is 2. The molecule has 1 amide bonds. The summed E-state index contributed by atoms with van der Waals surface area (Å²) in [7, 11) is 1.24. The Morgan fingerprint density at radius 2 is 1.86 bits per heavy atom. The van der Waals surface area contributed by atoms with Crippen LogP contribution in [-0.2, 0) is 9.53 Å². The van der Waals surface area contributed by atoms with E-state index in [0.29, 0.717) is 28.0 Å². The van der Waals surface area contributed by atoms with E-state index in [4.69, 9.17) is 9.47 Å². The van der Waals surface area contributed by atoms with Crippen LogP contribution in [0, 0.1) is 0 Å². The van der Waals surface area contributed by atoms with Crippen LogP contribution < -0.4 is 20.3 Å². The molecule has 0 fully saturated rings. The summed E-state index contributed by atoms with van der Waals surface area (Å²) in [6.07, 6.45) is 1.45. The number of benzene rings is 2. The molecule has 0 atom stereocenters. The summed E-state index contributed by atoms with van der Waals surface area (Å²) in [5.41, 5.74) is 0.512. The lowest BCUT2D eigenvalue weighted by Crippen LogP contribution is -2.31. The van der Waals surface area contributed by atoms with Gasteiger partial charge in [0.05, 0.1) is 18.4 Å². The van der Waals surface area contributed by atoms with Crippen LogP contribution in [0.1, 0.15) is 10.4 Å². The van der Waals surface area contributed by atoms with Crippen molar-refractivity contribution in [3.63, 3.8) is 0 Å². The highest BCUT2D eigenvalue weighted by Gasteiger charge is 2.18. The lowest BCUT2D eigenvalue weighted by Gasteiger charge is -2.13. The minimum atomic E-state index is -0.568. The third kappa shape index (κ3) is 3.05. The quantitative estimate of drug-likeness (QED) is 0.691. The van der Waals surface area contributed by atoms with Gasteiger partial charge in [-0.25, -0.2) is 0 Å². The van der Waals surface area contributed by atoms with Crippen molar-refractivity contribution >= 4 is 22.6 Å². The SMILES string of the molecule is COC(=O)CNC(=O)c1cn(-c2ccc3c(c2)OCO3)c(=O)c2ccccc12. The number of fused-ring (bicyclic) bond motifs is 2. The molecule has 0 aliphatic carbocycles. The van der Waals surface area contributed by atoms with Crippen LogP contribution in [0.5, 0.6) is 11.5 Å². The number of amides is 1. The van der Waals surface area contributed by atoms with Crippen molar-refractivity contribution in [2.24, 2.45) is 0 Å². The van der Waals surface area contributed by atoms with E-state index in [-0.39, 0.29) is 24.5 Å².